The number of hydrogen-bond acceptors (Lipinski definition) is 6. The zero-order chi connectivity index (χ0) is 18.7. The minimum Gasteiger partial charge on any atom is -0.508 e. The van der Waals surface area contributed by atoms with Crippen LogP contribution >= 0.6 is 11.3 Å². The molecule has 1 aromatic heterocycles. The molecule has 2 heterocycles. The third-order valence-electron chi connectivity index (χ3n) is 4.42. The van der Waals surface area contributed by atoms with E-state index in [0.717, 1.165) is 16.3 Å². The van der Waals surface area contributed by atoms with Crippen molar-refractivity contribution in [1.82, 2.24) is 14.6 Å². The largest absolute Gasteiger partial charge is 0.508 e. The first-order chi connectivity index (χ1) is 12.3. The van der Waals surface area contributed by atoms with Crippen LogP contribution in [0.25, 0.3) is 11.3 Å². The van der Waals surface area contributed by atoms with Crippen LogP contribution in [0, 0.1) is 5.92 Å². The SMILES string of the molecule is CS(=O)(=O)N1CCC(C(=O)NCc2nc(-c3ccc(O)cc3)cs2)CC1. The number of piperidine rings is 1. The van der Waals surface area contributed by atoms with Gasteiger partial charge in [0.2, 0.25) is 15.9 Å². The topological polar surface area (TPSA) is 99.6 Å². The third-order valence-corrected chi connectivity index (χ3v) is 6.57. The maximum absolute atomic E-state index is 12.3. The average Bonchev–Trinajstić information content (AvgIpc) is 3.08. The van der Waals surface area contributed by atoms with Crippen LogP contribution in [0.5, 0.6) is 5.75 Å². The third kappa shape index (κ3) is 4.60. The maximum atomic E-state index is 12.3. The first kappa shape index (κ1) is 18.8. The second-order valence-corrected chi connectivity index (χ2v) is 9.25. The van der Waals surface area contributed by atoms with Gasteiger partial charge in [-0.25, -0.2) is 17.7 Å². The van der Waals surface area contributed by atoms with Crippen LogP contribution in [-0.2, 0) is 21.4 Å². The summed E-state index contributed by atoms with van der Waals surface area (Å²) in [4.78, 5) is 16.8. The van der Waals surface area contributed by atoms with Crippen LogP contribution in [-0.4, -0.2) is 48.1 Å². The van der Waals surface area contributed by atoms with Crippen molar-refractivity contribution >= 4 is 27.3 Å². The molecule has 2 aromatic rings. The molecule has 1 saturated heterocycles. The zero-order valence-electron chi connectivity index (χ0n) is 14.4. The number of phenols is 1. The van der Waals surface area contributed by atoms with Gasteiger partial charge in [-0.2, -0.15) is 0 Å². The highest BCUT2D eigenvalue weighted by atomic mass is 32.2. The number of rotatable bonds is 5. The van der Waals surface area contributed by atoms with E-state index in [-0.39, 0.29) is 17.6 Å². The Hall–Kier alpha value is -1.97. The molecule has 1 aliphatic rings. The number of nitrogens with zero attached hydrogens (tertiary/aromatic N) is 2. The second-order valence-electron chi connectivity index (χ2n) is 6.33. The summed E-state index contributed by atoms with van der Waals surface area (Å²) < 4.78 is 24.5. The number of benzene rings is 1. The van der Waals surface area contributed by atoms with E-state index >= 15 is 0 Å². The van der Waals surface area contributed by atoms with Crippen molar-refractivity contribution in [3.05, 3.63) is 34.7 Å². The molecule has 9 heteroatoms. The molecule has 1 fully saturated rings. The molecular weight excluding hydrogens is 374 g/mol. The molecule has 0 aliphatic carbocycles. The lowest BCUT2D eigenvalue weighted by Crippen LogP contribution is -2.42. The summed E-state index contributed by atoms with van der Waals surface area (Å²) in [6.45, 7) is 1.13. The predicted octanol–water partition coefficient (Wildman–Crippen LogP) is 1.80. The van der Waals surface area contributed by atoms with Gasteiger partial charge in [0, 0.05) is 30.0 Å². The summed E-state index contributed by atoms with van der Waals surface area (Å²) in [5.41, 5.74) is 1.71. The van der Waals surface area contributed by atoms with Gasteiger partial charge in [-0.1, -0.05) is 0 Å². The molecule has 1 amide bonds. The standard InChI is InChI=1S/C17H21N3O4S2/c1-26(23,24)20-8-6-13(7-9-20)17(22)18-10-16-19-15(11-25-16)12-2-4-14(21)5-3-12/h2-5,11,13,21H,6-10H2,1H3,(H,18,22). The van der Waals surface area contributed by atoms with Crippen LogP contribution < -0.4 is 5.32 Å². The van der Waals surface area contributed by atoms with Crippen LogP contribution in [0.15, 0.2) is 29.6 Å². The Morgan fingerprint density at radius 3 is 2.58 bits per heavy atom. The summed E-state index contributed by atoms with van der Waals surface area (Å²) in [6.07, 6.45) is 2.27. The van der Waals surface area contributed by atoms with Gasteiger partial charge in [0.05, 0.1) is 18.5 Å². The first-order valence-electron chi connectivity index (χ1n) is 8.29. The number of carbonyl (C=O) groups is 1. The first-order valence-corrected chi connectivity index (χ1v) is 11.0. The molecule has 7 nitrogen and oxygen atoms in total. The highest BCUT2D eigenvalue weighted by Gasteiger charge is 2.28. The number of aromatic hydroxyl groups is 1. The molecule has 1 aromatic carbocycles. The molecule has 0 bridgehead atoms. The quantitative estimate of drug-likeness (QED) is 0.804. The molecule has 140 valence electrons. The van der Waals surface area contributed by atoms with E-state index in [0.29, 0.717) is 32.5 Å². The number of amides is 1. The lowest BCUT2D eigenvalue weighted by atomic mass is 9.97. The van der Waals surface area contributed by atoms with E-state index in [1.165, 1.54) is 21.9 Å². The van der Waals surface area contributed by atoms with Gasteiger partial charge in [-0.05, 0) is 37.1 Å². The minimum atomic E-state index is -3.18. The van der Waals surface area contributed by atoms with Gasteiger partial charge in [0.15, 0.2) is 0 Å². The fourth-order valence-corrected chi connectivity index (χ4v) is 4.53. The molecule has 0 unspecified atom stereocenters. The fourth-order valence-electron chi connectivity index (χ4n) is 2.91. The van der Waals surface area contributed by atoms with Crippen molar-refractivity contribution in [2.45, 2.75) is 19.4 Å². The van der Waals surface area contributed by atoms with Crippen LogP contribution in [0.3, 0.4) is 0 Å². The van der Waals surface area contributed by atoms with Crippen molar-refractivity contribution in [3.8, 4) is 17.0 Å². The van der Waals surface area contributed by atoms with Crippen LogP contribution in [0.4, 0.5) is 0 Å². The summed E-state index contributed by atoms with van der Waals surface area (Å²) in [5, 5.41) is 15.0. The van der Waals surface area contributed by atoms with Gasteiger partial charge in [0.1, 0.15) is 10.8 Å². The van der Waals surface area contributed by atoms with Crippen LogP contribution in [0.1, 0.15) is 17.8 Å². The summed E-state index contributed by atoms with van der Waals surface area (Å²) >= 11 is 1.47. The number of aromatic nitrogens is 1. The van der Waals surface area contributed by atoms with Crippen LogP contribution in [0.2, 0.25) is 0 Å². The van der Waals surface area contributed by atoms with Gasteiger partial charge < -0.3 is 10.4 Å². The van der Waals surface area contributed by atoms with Crippen molar-refractivity contribution in [2.75, 3.05) is 19.3 Å². The van der Waals surface area contributed by atoms with E-state index in [1.54, 1.807) is 24.3 Å². The molecule has 26 heavy (non-hydrogen) atoms. The zero-order valence-corrected chi connectivity index (χ0v) is 16.0. The lowest BCUT2D eigenvalue weighted by molar-refractivity contribution is -0.126. The Bertz CT molecular complexity index is 870. The van der Waals surface area contributed by atoms with Gasteiger partial charge in [0.25, 0.3) is 0 Å². The highest BCUT2D eigenvalue weighted by molar-refractivity contribution is 7.88. The molecule has 3 rings (SSSR count). The molecule has 0 spiro atoms. The number of sulfonamides is 1. The van der Waals surface area contributed by atoms with Crippen molar-refractivity contribution in [2.24, 2.45) is 5.92 Å². The smallest absolute Gasteiger partial charge is 0.223 e. The molecule has 2 N–H and O–H groups in total. The Labute approximate surface area is 156 Å². The fraction of sp³-hybridized carbons (Fsp3) is 0.412. The predicted molar refractivity (Wildman–Crippen MR) is 100 cm³/mol. The Kier molecular flexibility index (Phi) is 5.59. The molecule has 0 radical (unpaired) electrons. The van der Waals surface area contributed by atoms with E-state index in [4.69, 9.17) is 0 Å². The monoisotopic (exact) mass is 395 g/mol. The Balaban J connectivity index is 1.52. The van der Waals surface area contributed by atoms with Crippen molar-refractivity contribution in [1.29, 1.82) is 0 Å². The number of carbonyl (C=O) groups excluding carboxylic acids is 1. The summed E-state index contributed by atoms with van der Waals surface area (Å²) in [6, 6.07) is 6.81. The van der Waals surface area contributed by atoms with Gasteiger partial charge >= 0.3 is 0 Å². The number of phenolic OH excluding ortho intramolecular Hbond substituents is 1. The van der Waals surface area contributed by atoms with E-state index in [2.05, 4.69) is 10.3 Å². The summed E-state index contributed by atoms with van der Waals surface area (Å²) in [7, 11) is -3.18. The number of hydrogen-bond donors (Lipinski definition) is 2. The van der Waals surface area contributed by atoms with Crippen molar-refractivity contribution in [3.63, 3.8) is 0 Å². The minimum absolute atomic E-state index is 0.0560. The molecular formula is C17H21N3O4S2. The Morgan fingerprint density at radius 1 is 1.31 bits per heavy atom. The van der Waals surface area contributed by atoms with E-state index in [9.17, 15) is 18.3 Å². The molecule has 1 aliphatic heterocycles. The Morgan fingerprint density at radius 2 is 1.96 bits per heavy atom. The highest BCUT2D eigenvalue weighted by Crippen LogP contribution is 2.24. The molecule has 0 atom stereocenters. The molecule has 0 saturated carbocycles. The number of thiazole rings is 1. The lowest BCUT2D eigenvalue weighted by Gasteiger charge is -2.29. The maximum Gasteiger partial charge on any atom is 0.223 e. The van der Waals surface area contributed by atoms with E-state index < -0.39 is 10.0 Å². The van der Waals surface area contributed by atoms with Gasteiger partial charge in [-0.15, -0.1) is 11.3 Å². The average molecular weight is 396 g/mol. The van der Waals surface area contributed by atoms with E-state index in [1.807, 2.05) is 5.38 Å². The summed E-state index contributed by atoms with van der Waals surface area (Å²) in [5.74, 6) is -0.0116. The van der Waals surface area contributed by atoms with Crippen molar-refractivity contribution < 1.29 is 18.3 Å². The van der Waals surface area contributed by atoms with Gasteiger partial charge in [-0.3, -0.25) is 4.79 Å². The number of nitrogens with one attached hydrogen (secondary N) is 1. The second kappa shape index (κ2) is 7.73. The normalized spacial score (nSPS) is 16.5.